The SMILES string of the molecule is Cc1ncsc1C(=O)N1CCN(c2ccc(Nc3ccccn3)nn2)CC1. The van der Waals surface area contributed by atoms with Gasteiger partial charge in [-0.1, -0.05) is 6.07 Å². The predicted molar refractivity (Wildman–Crippen MR) is 105 cm³/mol. The van der Waals surface area contributed by atoms with E-state index in [1.54, 1.807) is 11.7 Å². The van der Waals surface area contributed by atoms with E-state index in [2.05, 4.69) is 30.4 Å². The van der Waals surface area contributed by atoms with E-state index >= 15 is 0 Å². The largest absolute Gasteiger partial charge is 0.352 e. The summed E-state index contributed by atoms with van der Waals surface area (Å²) in [7, 11) is 0. The first kappa shape index (κ1) is 17.3. The lowest BCUT2D eigenvalue weighted by Gasteiger charge is -2.35. The molecular formula is C18H19N7OS. The fraction of sp³-hybridized carbons (Fsp3) is 0.278. The third kappa shape index (κ3) is 3.87. The van der Waals surface area contributed by atoms with Crippen molar-refractivity contribution in [1.82, 2.24) is 25.1 Å². The Hall–Kier alpha value is -3.07. The van der Waals surface area contributed by atoms with E-state index < -0.39 is 0 Å². The third-order valence-corrected chi connectivity index (χ3v) is 5.32. The van der Waals surface area contributed by atoms with Crippen LogP contribution in [0.25, 0.3) is 0 Å². The molecule has 3 aromatic rings. The van der Waals surface area contributed by atoms with E-state index in [9.17, 15) is 4.79 Å². The average molecular weight is 381 g/mol. The van der Waals surface area contributed by atoms with Crippen LogP contribution in [0, 0.1) is 6.92 Å². The van der Waals surface area contributed by atoms with Gasteiger partial charge in [0.05, 0.1) is 11.2 Å². The zero-order valence-corrected chi connectivity index (χ0v) is 15.7. The minimum atomic E-state index is 0.0654. The normalized spacial score (nSPS) is 14.3. The van der Waals surface area contributed by atoms with E-state index in [0.29, 0.717) is 18.9 Å². The van der Waals surface area contributed by atoms with Gasteiger partial charge in [0.25, 0.3) is 5.91 Å². The molecular weight excluding hydrogens is 362 g/mol. The molecule has 4 heterocycles. The monoisotopic (exact) mass is 381 g/mol. The standard InChI is InChI=1S/C18H19N7OS/c1-13-17(27-12-20-13)18(26)25-10-8-24(9-11-25)16-6-5-15(22-23-16)21-14-4-2-3-7-19-14/h2-7,12H,8-11H2,1H3,(H,19,21,22). The van der Waals surface area contributed by atoms with Crippen LogP contribution in [0.5, 0.6) is 0 Å². The summed E-state index contributed by atoms with van der Waals surface area (Å²) in [5, 5.41) is 11.6. The number of carbonyl (C=O) groups is 1. The maximum Gasteiger partial charge on any atom is 0.265 e. The van der Waals surface area contributed by atoms with Gasteiger partial charge >= 0.3 is 0 Å². The Labute approximate surface area is 160 Å². The topological polar surface area (TPSA) is 87.1 Å². The molecule has 1 amide bonds. The molecule has 0 spiro atoms. The highest BCUT2D eigenvalue weighted by molar-refractivity contribution is 7.11. The van der Waals surface area contributed by atoms with Crippen molar-refractivity contribution >= 4 is 34.7 Å². The van der Waals surface area contributed by atoms with Crippen molar-refractivity contribution in [1.29, 1.82) is 0 Å². The number of piperazine rings is 1. The van der Waals surface area contributed by atoms with Crippen LogP contribution in [0.3, 0.4) is 0 Å². The number of thiazole rings is 1. The molecule has 0 atom stereocenters. The van der Waals surface area contributed by atoms with Crippen molar-refractivity contribution in [2.24, 2.45) is 0 Å². The average Bonchev–Trinajstić information content (AvgIpc) is 3.15. The molecule has 0 bridgehead atoms. The molecule has 8 nitrogen and oxygen atoms in total. The van der Waals surface area contributed by atoms with Crippen LogP contribution in [0.4, 0.5) is 17.5 Å². The van der Waals surface area contributed by atoms with Gasteiger partial charge in [-0.3, -0.25) is 4.79 Å². The first-order valence-corrected chi connectivity index (χ1v) is 9.55. The smallest absolute Gasteiger partial charge is 0.265 e. The molecule has 1 N–H and O–H groups in total. The molecule has 4 rings (SSSR count). The highest BCUT2D eigenvalue weighted by Crippen LogP contribution is 2.19. The van der Waals surface area contributed by atoms with Gasteiger partial charge < -0.3 is 15.1 Å². The van der Waals surface area contributed by atoms with Gasteiger partial charge in [-0.15, -0.1) is 21.5 Å². The molecule has 9 heteroatoms. The minimum absolute atomic E-state index is 0.0654. The Morgan fingerprint density at radius 1 is 1.04 bits per heavy atom. The number of anilines is 3. The number of amides is 1. The summed E-state index contributed by atoms with van der Waals surface area (Å²) < 4.78 is 0. The van der Waals surface area contributed by atoms with E-state index in [0.717, 1.165) is 35.3 Å². The van der Waals surface area contributed by atoms with Crippen LogP contribution >= 0.6 is 11.3 Å². The second kappa shape index (κ2) is 7.67. The number of nitrogens with one attached hydrogen (secondary N) is 1. The van der Waals surface area contributed by atoms with Crippen molar-refractivity contribution in [3.63, 3.8) is 0 Å². The van der Waals surface area contributed by atoms with Crippen LogP contribution in [0.2, 0.25) is 0 Å². The number of aromatic nitrogens is 4. The van der Waals surface area contributed by atoms with Gasteiger partial charge in [0.15, 0.2) is 11.6 Å². The number of pyridine rings is 1. The van der Waals surface area contributed by atoms with Crippen LogP contribution in [-0.4, -0.2) is 57.2 Å². The Bertz CT molecular complexity index is 905. The van der Waals surface area contributed by atoms with Gasteiger partial charge in [-0.2, -0.15) is 0 Å². The first-order chi connectivity index (χ1) is 13.2. The lowest BCUT2D eigenvalue weighted by Crippen LogP contribution is -2.49. The minimum Gasteiger partial charge on any atom is -0.352 e. The lowest BCUT2D eigenvalue weighted by molar-refractivity contribution is 0.0750. The Morgan fingerprint density at radius 2 is 1.89 bits per heavy atom. The van der Waals surface area contributed by atoms with Gasteiger partial charge in [0.2, 0.25) is 0 Å². The van der Waals surface area contributed by atoms with E-state index in [1.165, 1.54) is 11.3 Å². The predicted octanol–water partition coefficient (Wildman–Crippen LogP) is 2.34. The van der Waals surface area contributed by atoms with Gasteiger partial charge in [0, 0.05) is 32.4 Å². The maximum atomic E-state index is 12.6. The van der Waals surface area contributed by atoms with Crippen molar-refractivity contribution in [2.75, 3.05) is 36.4 Å². The summed E-state index contributed by atoms with van der Waals surface area (Å²) in [4.78, 5) is 25.7. The Balaban J connectivity index is 1.35. The summed E-state index contributed by atoms with van der Waals surface area (Å²) >= 11 is 1.40. The number of nitrogens with zero attached hydrogens (tertiary/aromatic N) is 6. The van der Waals surface area contributed by atoms with Gasteiger partial charge in [0.1, 0.15) is 10.7 Å². The van der Waals surface area contributed by atoms with Crippen molar-refractivity contribution in [3.8, 4) is 0 Å². The van der Waals surface area contributed by atoms with Crippen LogP contribution in [0.1, 0.15) is 15.4 Å². The fourth-order valence-corrected chi connectivity index (χ4v) is 3.69. The van der Waals surface area contributed by atoms with E-state index in [4.69, 9.17) is 0 Å². The molecule has 1 aliphatic heterocycles. The summed E-state index contributed by atoms with van der Waals surface area (Å²) in [6.07, 6.45) is 1.72. The summed E-state index contributed by atoms with van der Waals surface area (Å²) in [6.45, 7) is 4.64. The molecule has 0 radical (unpaired) electrons. The molecule has 1 saturated heterocycles. The fourth-order valence-electron chi connectivity index (χ4n) is 2.92. The zero-order chi connectivity index (χ0) is 18.6. The van der Waals surface area contributed by atoms with Gasteiger partial charge in [-0.05, 0) is 31.2 Å². The Morgan fingerprint density at radius 3 is 2.52 bits per heavy atom. The second-order valence-corrected chi connectivity index (χ2v) is 7.02. The first-order valence-electron chi connectivity index (χ1n) is 8.67. The van der Waals surface area contributed by atoms with Crippen molar-refractivity contribution in [2.45, 2.75) is 6.92 Å². The quantitative estimate of drug-likeness (QED) is 0.742. The molecule has 0 aromatic carbocycles. The van der Waals surface area contributed by atoms with E-state index in [-0.39, 0.29) is 5.91 Å². The molecule has 0 aliphatic carbocycles. The van der Waals surface area contributed by atoms with Crippen molar-refractivity contribution < 1.29 is 4.79 Å². The number of carbonyl (C=O) groups excluding carboxylic acids is 1. The highest BCUT2D eigenvalue weighted by Gasteiger charge is 2.25. The zero-order valence-electron chi connectivity index (χ0n) is 14.9. The lowest BCUT2D eigenvalue weighted by atomic mass is 10.2. The molecule has 138 valence electrons. The molecule has 1 aliphatic rings. The molecule has 27 heavy (non-hydrogen) atoms. The molecule has 0 saturated carbocycles. The molecule has 3 aromatic heterocycles. The summed E-state index contributed by atoms with van der Waals surface area (Å²) in [6, 6.07) is 9.46. The number of hydrogen-bond acceptors (Lipinski definition) is 8. The molecule has 0 unspecified atom stereocenters. The summed E-state index contributed by atoms with van der Waals surface area (Å²) in [5.74, 6) is 2.25. The van der Waals surface area contributed by atoms with Gasteiger partial charge in [-0.25, -0.2) is 9.97 Å². The number of hydrogen-bond donors (Lipinski definition) is 1. The molecule has 1 fully saturated rings. The number of rotatable bonds is 4. The number of aryl methyl sites for hydroxylation is 1. The van der Waals surface area contributed by atoms with Crippen molar-refractivity contribution in [3.05, 3.63) is 52.6 Å². The highest BCUT2D eigenvalue weighted by atomic mass is 32.1. The van der Waals surface area contributed by atoms with Crippen LogP contribution < -0.4 is 10.2 Å². The van der Waals surface area contributed by atoms with Crippen LogP contribution in [0.15, 0.2) is 42.0 Å². The maximum absolute atomic E-state index is 12.6. The summed E-state index contributed by atoms with van der Waals surface area (Å²) in [5.41, 5.74) is 2.52. The van der Waals surface area contributed by atoms with E-state index in [1.807, 2.05) is 42.2 Å². The second-order valence-electron chi connectivity index (χ2n) is 6.16. The third-order valence-electron chi connectivity index (χ3n) is 4.40. The van der Waals surface area contributed by atoms with Crippen LogP contribution in [-0.2, 0) is 0 Å². The Kier molecular flexibility index (Phi) is 4.93.